The average Bonchev–Trinajstić information content (AvgIpc) is 2.39. The molecule has 1 unspecified atom stereocenters. The van der Waals surface area contributed by atoms with Gasteiger partial charge in [-0.05, 0) is 37.0 Å². The number of carbonyl (C=O) groups excluding carboxylic acids is 1. The van der Waals surface area contributed by atoms with Crippen molar-refractivity contribution < 1.29 is 4.79 Å². The molecule has 1 atom stereocenters. The van der Waals surface area contributed by atoms with Crippen LogP contribution >= 0.6 is 11.8 Å². The lowest BCUT2D eigenvalue weighted by molar-refractivity contribution is -0.121. The molecule has 19 heavy (non-hydrogen) atoms. The number of hydrogen-bond donors (Lipinski definition) is 2. The van der Waals surface area contributed by atoms with Crippen LogP contribution in [0.2, 0.25) is 0 Å². The minimum absolute atomic E-state index is 0.227. The van der Waals surface area contributed by atoms with Crippen molar-refractivity contribution in [3.05, 3.63) is 0 Å². The third kappa shape index (κ3) is 5.35. The van der Waals surface area contributed by atoms with Crippen molar-refractivity contribution in [1.29, 1.82) is 0 Å². The van der Waals surface area contributed by atoms with E-state index in [1.165, 1.54) is 31.4 Å². The Morgan fingerprint density at radius 3 is 2.74 bits per heavy atom. The molecule has 1 aliphatic heterocycles. The van der Waals surface area contributed by atoms with E-state index in [1.807, 2.05) is 11.8 Å². The SMILES string of the molecule is CC1(C)CCC(CNC(=O)CC2CSCCN2)CC1. The quantitative estimate of drug-likeness (QED) is 0.833. The molecule has 2 fully saturated rings. The van der Waals surface area contributed by atoms with Crippen molar-refractivity contribution in [2.24, 2.45) is 11.3 Å². The largest absolute Gasteiger partial charge is 0.356 e. The van der Waals surface area contributed by atoms with Gasteiger partial charge in [-0.1, -0.05) is 13.8 Å². The molecular formula is C15H28N2OS. The van der Waals surface area contributed by atoms with E-state index in [0.29, 0.717) is 23.8 Å². The van der Waals surface area contributed by atoms with Gasteiger partial charge in [-0.3, -0.25) is 4.79 Å². The summed E-state index contributed by atoms with van der Waals surface area (Å²) >= 11 is 1.95. The monoisotopic (exact) mass is 284 g/mol. The van der Waals surface area contributed by atoms with Gasteiger partial charge in [0.05, 0.1) is 0 Å². The molecule has 3 nitrogen and oxygen atoms in total. The Bertz CT molecular complexity index is 291. The molecule has 0 aromatic rings. The highest BCUT2D eigenvalue weighted by Crippen LogP contribution is 2.37. The fourth-order valence-electron chi connectivity index (χ4n) is 2.97. The number of carbonyl (C=O) groups is 1. The van der Waals surface area contributed by atoms with E-state index in [-0.39, 0.29) is 5.91 Å². The second-order valence-electron chi connectivity index (χ2n) is 6.84. The van der Waals surface area contributed by atoms with Crippen LogP contribution in [0.15, 0.2) is 0 Å². The molecule has 0 aromatic carbocycles. The van der Waals surface area contributed by atoms with Gasteiger partial charge < -0.3 is 10.6 Å². The normalized spacial score (nSPS) is 28.0. The molecule has 2 rings (SSSR count). The van der Waals surface area contributed by atoms with Gasteiger partial charge in [-0.25, -0.2) is 0 Å². The third-order valence-corrected chi connectivity index (χ3v) is 5.61. The summed E-state index contributed by atoms with van der Waals surface area (Å²) in [5, 5.41) is 6.56. The molecule has 2 N–H and O–H groups in total. The second-order valence-corrected chi connectivity index (χ2v) is 7.99. The molecule has 2 aliphatic rings. The Balaban J connectivity index is 1.61. The second kappa shape index (κ2) is 6.98. The highest BCUT2D eigenvalue weighted by molar-refractivity contribution is 7.99. The van der Waals surface area contributed by atoms with Crippen LogP contribution in [0.5, 0.6) is 0 Å². The van der Waals surface area contributed by atoms with Crippen molar-refractivity contribution >= 4 is 17.7 Å². The summed E-state index contributed by atoms with van der Waals surface area (Å²) in [5.74, 6) is 3.18. The number of thioether (sulfide) groups is 1. The summed E-state index contributed by atoms with van der Waals surface area (Å²) in [5.41, 5.74) is 0.518. The molecule has 1 saturated heterocycles. The zero-order valence-corrected chi connectivity index (χ0v) is 13.2. The van der Waals surface area contributed by atoms with Gasteiger partial charge in [0, 0.05) is 37.1 Å². The molecule has 0 bridgehead atoms. The lowest BCUT2D eigenvalue weighted by Crippen LogP contribution is -2.42. The van der Waals surface area contributed by atoms with E-state index in [0.717, 1.165) is 18.8 Å². The van der Waals surface area contributed by atoms with Crippen LogP contribution in [0, 0.1) is 11.3 Å². The summed E-state index contributed by atoms with van der Waals surface area (Å²) in [7, 11) is 0. The maximum Gasteiger partial charge on any atom is 0.221 e. The van der Waals surface area contributed by atoms with E-state index in [2.05, 4.69) is 24.5 Å². The molecule has 1 heterocycles. The maximum atomic E-state index is 11.9. The molecule has 1 aliphatic carbocycles. The summed E-state index contributed by atoms with van der Waals surface area (Å²) in [6.45, 7) is 6.64. The van der Waals surface area contributed by atoms with E-state index >= 15 is 0 Å². The van der Waals surface area contributed by atoms with E-state index in [1.54, 1.807) is 0 Å². The number of amides is 1. The van der Waals surface area contributed by atoms with Crippen LogP contribution < -0.4 is 10.6 Å². The van der Waals surface area contributed by atoms with Crippen LogP contribution in [-0.4, -0.2) is 36.5 Å². The molecule has 1 saturated carbocycles. The number of hydrogen-bond acceptors (Lipinski definition) is 3. The molecule has 0 aromatic heterocycles. The minimum atomic E-state index is 0.227. The number of nitrogens with one attached hydrogen (secondary N) is 2. The Labute approximate surface area is 121 Å². The molecule has 4 heteroatoms. The molecule has 0 radical (unpaired) electrons. The van der Waals surface area contributed by atoms with Crippen LogP contribution in [-0.2, 0) is 4.79 Å². The van der Waals surface area contributed by atoms with Crippen molar-refractivity contribution in [1.82, 2.24) is 10.6 Å². The smallest absolute Gasteiger partial charge is 0.221 e. The first-order chi connectivity index (χ1) is 9.05. The Morgan fingerprint density at radius 2 is 2.11 bits per heavy atom. The fraction of sp³-hybridized carbons (Fsp3) is 0.933. The highest BCUT2D eigenvalue weighted by atomic mass is 32.2. The van der Waals surface area contributed by atoms with Crippen LogP contribution in [0.1, 0.15) is 46.0 Å². The zero-order valence-electron chi connectivity index (χ0n) is 12.3. The first-order valence-electron chi connectivity index (χ1n) is 7.63. The van der Waals surface area contributed by atoms with E-state index in [4.69, 9.17) is 0 Å². The Kier molecular flexibility index (Phi) is 5.58. The Hall–Kier alpha value is -0.220. The first-order valence-corrected chi connectivity index (χ1v) is 8.78. The summed E-state index contributed by atoms with van der Waals surface area (Å²) in [4.78, 5) is 11.9. The van der Waals surface area contributed by atoms with Crippen LogP contribution in [0.3, 0.4) is 0 Å². The summed E-state index contributed by atoms with van der Waals surface area (Å²) < 4.78 is 0. The van der Waals surface area contributed by atoms with Crippen LogP contribution in [0.25, 0.3) is 0 Å². The minimum Gasteiger partial charge on any atom is -0.356 e. The lowest BCUT2D eigenvalue weighted by atomic mass is 9.73. The molecule has 0 spiro atoms. The third-order valence-electron chi connectivity index (χ3n) is 4.48. The first kappa shape index (κ1) is 15.2. The average molecular weight is 284 g/mol. The van der Waals surface area contributed by atoms with Gasteiger partial charge in [0.25, 0.3) is 0 Å². The van der Waals surface area contributed by atoms with E-state index in [9.17, 15) is 4.79 Å². The zero-order chi connectivity index (χ0) is 13.7. The van der Waals surface area contributed by atoms with Gasteiger partial charge in [0.1, 0.15) is 0 Å². The predicted molar refractivity (Wildman–Crippen MR) is 82.5 cm³/mol. The molecule has 110 valence electrons. The van der Waals surface area contributed by atoms with Gasteiger partial charge >= 0.3 is 0 Å². The summed E-state index contributed by atoms with van der Waals surface area (Å²) in [6, 6.07) is 0.379. The van der Waals surface area contributed by atoms with Crippen molar-refractivity contribution in [3.8, 4) is 0 Å². The van der Waals surface area contributed by atoms with Gasteiger partial charge in [-0.2, -0.15) is 11.8 Å². The number of rotatable bonds is 4. The predicted octanol–water partition coefficient (Wildman–Crippen LogP) is 2.41. The molecule has 1 amide bonds. The standard InChI is InChI=1S/C15H28N2OS/c1-15(2)5-3-12(4-6-15)10-17-14(18)9-13-11-19-8-7-16-13/h12-13,16H,3-11H2,1-2H3,(H,17,18). The Morgan fingerprint density at radius 1 is 1.37 bits per heavy atom. The van der Waals surface area contributed by atoms with Crippen molar-refractivity contribution in [2.75, 3.05) is 24.6 Å². The van der Waals surface area contributed by atoms with Crippen molar-refractivity contribution in [3.63, 3.8) is 0 Å². The summed E-state index contributed by atoms with van der Waals surface area (Å²) in [6.07, 6.45) is 5.78. The van der Waals surface area contributed by atoms with E-state index < -0.39 is 0 Å². The van der Waals surface area contributed by atoms with Gasteiger partial charge in [-0.15, -0.1) is 0 Å². The maximum absolute atomic E-state index is 11.9. The fourth-order valence-corrected chi connectivity index (χ4v) is 3.92. The van der Waals surface area contributed by atoms with Gasteiger partial charge in [0.2, 0.25) is 5.91 Å². The molecular weight excluding hydrogens is 256 g/mol. The lowest BCUT2D eigenvalue weighted by Gasteiger charge is -2.34. The van der Waals surface area contributed by atoms with Crippen molar-refractivity contribution in [2.45, 2.75) is 52.0 Å². The topological polar surface area (TPSA) is 41.1 Å². The highest BCUT2D eigenvalue weighted by Gasteiger charge is 2.27. The van der Waals surface area contributed by atoms with Crippen LogP contribution in [0.4, 0.5) is 0 Å². The van der Waals surface area contributed by atoms with Gasteiger partial charge in [0.15, 0.2) is 0 Å².